The van der Waals surface area contributed by atoms with Crippen LogP contribution in [0, 0.1) is 19.7 Å². The molecule has 0 bridgehead atoms. The largest absolute Gasteiger partial charge is 0.343 e. The molecule has 2 amide bonds. The number of hydrogen-bond donors (Lipinski definition) is 1. The van der Waals surface area contributed by atoms with Gasteiger partial charge < -0.3 is 15.1 Å². The smallest absolute Gasteiger partial charge is 0.321 e. The average Bonchev–Trinajstić information content (AvgIpc) is 3.22. The average molecular weight is 426 g/mol. The van der Waals surface area contributed by atoms with E-state index in [1.54, 1.807) is 12.1 Å². The van der Waals surface area contributed by atoms with Crippen LogP contribution in [-0.2, 0) is 6.42 Å². The topological polar surface area (TPSA) is 61.4 Å². The highest BCUT2D eigenvalue weighted by atomic mass is 32.1. The van der Waals surface area contributed by atoms with Crippen LogP contribution in [0.5, 0.6) is 0 Å². The number of anilines is 2. The number of hydrogen-bond acceptors (Lipinski definition) is 5. The summed E-state index contributed by atoms with van der Waals surface area (Å²) in [6.45, 7) is 6.74. The van der Waals surface area contributed by atoms with Crippen molar-refractivity contribution >= 4 is 28.4 Å². The summed E-state index contributed by atoms with van der Waals surface area (Å²) in [5.74, 6) is 0.488. The summed E-state index contributed by atoms with van der Waals surface area (Å²) in [5, 5.41) is 3.89. The summed E-state index contributed by atoms with van der Waals surface area (Å²) in [6.07, 6.45) is 0.578. The molecule has 3 aromatic rings. The van der Waals surface area contributed by atoms with Crippen molar-refractivity contribution in [3.8, 4) is 0 Å². The monoisotopic (exact) mass is 425 g/mol. The molecule has 0 radical (unpaired) electrons. The lowest BCUT2D eigenvalue weighted by Gasteiger charge is -2.34. The van der Waals surface area contributed by atoms with E-state index in [0.717, 1.165) is 33.3 Å². The Balaban J connectivity index is 1.32. The van der Waals surface area contributed by atoms with E-state index >= 15 is 0 Å². The molecule has 4 rings (SSSR count). The lowest BCUT2D eigenvalue weighted by Crippen LogP contribution is -2.50. The highest BCUT2D eigenvalue weighted by Crippen LogP contribution is 2.22. The lowest BCUT2D eigenvalue weighted by atomic mass is 10.1. The van der Waals surface area contributed by atoms with E-state index in [9.17, 15) is 9.18 Å². The molecule has 1 N–H and O–H groups in total. The third kappa shape index (κ3) is 4.59. The maximum absolute atomic E-state index is 13.1. The molecular weight excluding hydrogens is 401 g/mol. The summed E-state index contributed by atoms with van der Waals surface area (Å²) in [4.78, 5) is 21.3. The second-order valence-corrected chi connectivity index (χ2v) is 8.18. The molecule has 1 fully saturated rings. The molecule has 0 aliphatic carbocycles. The Labute approximate surface area is 179 Å². The van der Waals surface area contributed by atoms with E-state index in [0.29, 0.717) is 32.6 Å². The Kier molecular flexibility index (Phi) is 5.94. The Hall–Kier alpha value is -3.00. The molecule has 6 nitrogen and oxygen atoms in total. The highest BCUT2D eigenvalue weighted by Gasteiger charge is 2.23. The number of carbonyl (C=O) groups is 1. The van der Waals surface area contributed by atoms with E-state index < -0.39 is 0 Å². The molecule has 1 aliphatic rings. The summed E-state index contributed by atoms with van der Waals surface area (Å²) >= 11 is 1.37. The maximum Gasteiger partial charge on any atom is 0.321 e. The summed E-state index contributed by atoms with van der Waals surface area (Å²) in [6, 6.07) is 12.3. The standard InChI is InChI=1S/C22H24FN5OS/c1-15-4-3-5-19(16(15)2)24-21(29)27-10-12-28(13-11-27)22-25-20(26-30-22)14-17-6-8-18(23)9-7-17/h3-9H,10-14H2,1-2H3,(H,24,29). The van der Waals surface area contributed by atoms with Gasteiger partial charge in [0.05, 0.1) is 0 Å². The first-order valence-corrected chi connectivity index (χ1v) is 10.7. The van der Waals surface area contributed by atoms with Crippen molar-refractivity contribution in [2.75, 3.05) is 36.4 Å². The van der Waals surface area contributed by atoms with Crippen molar-refractivity contribution in [1.29, 1.82) is 0 Å². The molecule has 1 aliphatic heterocycles. The zero-order valence-corrected chi connectivity index (χ0v) is 17.9. The molecule has 0 unspecified atom stereocenters. The zero-order chi connectivity index (χ0) is 21.1. The van der Waals surface area contributed by atoms with E-state index in [1.165, 1.54) is 23.7 Å². The SMILES string of the molecule is Cc1cccc(NC(=O)N2CCN(c3nc(Cc4ccc(F)cc4)ns3)CC2)c1C. The maximum atomic E-state index is 13.1. The summed E-state index contributed by atoms with van der Waals surface area (Å²) < 4.78 is 17.5. The molecule has 156 valence electrons. The van der Waals surface area contributed by atoms with Crippen LogP contribution in [0.15, 0.2) is 42.5 Å². The molecule has 30 heavy (non-hydrogen) atoms. The number of rotatable bonds is 4. The first kappa shape index (κ1) is 20.3. The molecule has 0 saturated carbocycles. The van der Waals surface area contributed by atoms with Gasteiger partial charge in [0, 0.05) is 49.8 Å². The van der Waals surface area contributed by atoms with Gasteiger partial charge in [0.25, 0.3) is 0 Å². The van der Waals surface area contributed by atoms with Gasteiger partial charge in [0.1, 0.15) is 11.6 Å². The van der Waals surface area contributed by atoms with Crippen molar-refractivity contribution in [2.45, 2.75) is 20.3 Å². The molecule has 1 saturated heterocycles. The highest BCUT2D eigenvalue weighted by molar-refractivity contribution is 7.09. The number of nitrogens with one attached hydrogen (secondary N) is 1. The van der Waals surface area contributed by atoms with Crippen LogP contribution in [0.25, 0.3) is 0 Å². The van der Waals surface area contributed by atoms with Crippen LogP contribution >= 0.6 is 11.5 Å². The van der Waals surface area contributed by atoms with Gasteiger partial charge in [-0.15, -0.1) is 0 Å². The number of aryl methyl sites for hydroxylation is 1. The Bertz CT molecular complexity index is 1030. The van der Waals surface area contributed by atoms with Crippen LogP contribution in [0.2, 0.25) is 0 Å². The third-order valence-corrected chi connectivity index (χ3v) is 6.23. The minimum absolute atomic E-state index is 0.0717. The van der Waals surface area contributed by atoms with Gasteiger partial charge in [-0.1, -0.05) is 24.3 Å². The van der Waals surface area contributed by atoms with Crippen LogP contribution < -0.4 is 10.2 Å². The Morgan fingerprint density at radius 3 is 2.57 bits per heavy atom. The predicted octanol–water partition coefficient (Wildman–Crippen LogP) is 4.24. The molecule has 2 heterocycles. The fourth-order valence-corrected chi connectivity index (χ4v) is 4.15. The summed E-state index contributed by atoms with van der Waals surface area (Å²) in [5.41, 5.74) is 4.09. The minimum atomic E-state index is -0.245. The van der Waals surface area contributed by atoms with E-state index in [1.807, 2.05) is 36.9 Å². The fourth-order valence-electron chi connectivity index (χ4n) is 3.41. The fraction of sp³-hybridized carbons (Fsp3) is 0.318. The number of amides is 2. The van der Waals surface area contributed by atoms with Crippen molar-refractivity contribution in [1.82, 2.24) is 14.3 Å². The lowest BCUT2D eigenvalue weighted by molar-refractivity contribution is 0.208. The minimum Gasteiger partial charge on any atom is -0.343 e. The van der Waals surface area contributed by atoms with Gasteiger partial charge in [-0.3, -0.25) is 0 Å². The molecular formula is C22H24FN5OS. The summed E-state index contributed by atoms with van der Waals surface area (Å²) in [7, 11) is 0. The number of piperazine rings is 1. The first-order valence-electron chi connectivity index (χ1n) is 9.94. The van der Waals surface area contributed by atoms with Crippen molar-refractivity contribution in [2.24, 2.45) is 0 Å². The first-order chi connectivity index (χ1) is 14.5. The Morgan fingerprint density at radius 2 is 1.83 bits per heavy atom. The zero-order valence-electron chi connectivity index (χ0n) is 17.1. The van der Waals surface area contributed by atoms with E-state index in [4.69, 9.17) is 0 Å². The van der Waals surface area contributed by atoms with E-state index in [-0.39, 0.29) is 11.8 Å². The van der Waals surface area contributed by atoms with Crippen molar-refractivity contribution < 1.29 is 9.18 Å². The van der Waals surface area contributed by atoms with Gasteiger partial charge in [0.2, 0.25) is 5.13 Å². The van der Waals surface area contributed by atoms with Crippen molar-refractivity contribution in [3.63, 3.8) is 0 Å². The molecule has 0 spiro atoms. The molecule has 1 aromatic heterocycles. The molecule has 0 atom stereocenters. The Morgan fingerprint density at radius 1 is 1.10 bits per heavy atom. The second-order valence-electron chi connectivity index (χ2n) is 7.45. The molecule has 8 heteroatoms. The normalized spacial score (nSPS) is 14.1. The van der Waals surface area contributed by atoms with Gasteiger partial charge in [-0.2, -0.15) is 4.37 Å². The van der Waals surface area contributed by atoms with Crippen LogP contribution in [0.3, 0.4) is 0 Å². The third-order valence-electron chi connectivity index (χ3n) is 5.42. The van der Waals surface area contributed by atoms with Gasteiger partial charge in [-0.25, -0.2) is 14.2 Å². The van der Waals surface area contributed by atoms with Crippen LogP contribution in [-0.4, -0.2) is 46.5 Å². The van der Waals surface area contributed by atoms with Crippen molar-refractivity contribution in [3.05, 3.63) is 70.8 Å². The number of halogens is 1. The number of nitrogens with zero attached hydrogens (tertiary/aromatic N) is 4. The van der Waals surface area contributed by atoms with Gasteiger partial charge >= 0.3 is 6.03 Å². The predicted molar refractivity (Wildman–Crippen MR) is 118 cm³/mol. The van der Waals surface area contributed by atoms with Crippen LogP contribution in [0.1, 0.15) is 22.5 Å². The number of carbonyl (C=O) groups excluding carboxylic acids is 1. The second kappa shape index (κ2) is 8.79. The molecule has 2 aromatic carbocycles. The number of benzene rings is 2. The van der Waals surface area contributed by atoms with Gasteiger partial charge in [0.15, 0.2) is 0 Å². The number of aromatic nitrogens is 2. The van der Waals surface area contributed by atoms with E-state index in [2.05, 4.69) is 19.6 Å². The number of urea groups is 1. The quantitative estimate of drug-likeness (QED) is 0.679. The van der Waals surface area contributed by atoms with Crippen LogP contribution in [0.4, 0.5) is 20.0 Å². The van der Waals surface area contributed by atoms with Gasteiger partial charge in [-0.05, 0) is 48.7 Å².